The van der Waals surface area contributed by atoms with Crippen LogP contribution in [0.15, 0.2) is 34.5 Å². The highest BCUT2D eigenvalue weighted by Crippen LogP contribution is 2.25. The summed E-state index contributed by atoms with van der Waals surface area (Å²) in [5.74, 6) is 0.279. The summed E-state index contributed by atoms with van der Waals surface area (Å²) < 4.78 is 4.95. The molecular weight excluding hydrogens is 328 g/mol. The molecule has 1 aromatic heterocycles. The van der Waals surface area contributed by atoms with E-state index in [1.807, 2.05) is 19.9 Å². The summed E-state index contributed by atoms with van der Waals surface area (Å²) in [6.07, 6.45) is 1.44. The van der Waals surface area contributed by atoms with Crippen LogP contribution in [-0.4, -0.2) is 40.1 Å². The lowest BCUT2D eigenvalue weighted by atomic mass is 10.2. The van der Waals surface area contributed by atoms with Gasteiger partial charge in [0.05, 0.1) is 19.1 Å². The van der Waals surface area contributed by atoms with Gasteiger partial charge in [0, 0.05) is 11.4 Å². The number of ether oxygens (including phenoxy) is 1. The number of benzene rings is 1. The third-order valence-corrected chi connectivity index (χ3v) is 3.75. The van der Waals surface area contributed by atoms with E-state index in [9.17, 15) is 9.90 Å². The molecule has 2 N–H and O–H groups in total. The van der Waals surface area contributed by atoms with Crippen molar-refractivity contribution in [3.63, 3.8) is 0 Å². The summed E-state index contributed by atoms with van der Waals surface area (Å²) in [5, 5.41) is 14.1. The highest BCUT2D eigenvalue weighted by molar-refractivity contribution is 7.99. The van der Waals surface area contributed by atoms with E-state index < -0.39 is 0 Å². The Morgan fingerprint density at radius 1 is 1.33 bits per heavy atom. The van der Waals surface area contributed by atoms with E-state index in [0.29, 0.717) is 16.5 Å². The minimum atomic E-state index is -0.267. The quantitative estimate of drug-likeness (QED) is 0.360. The molecule has 0 aliphatic heterocycles. The van der Waals surface area contributed by atoms with Crippen LogP contribution < -0.4 is 10.2 Å². The molecule has 2 rings (SSSR count). The summed E-state index contributed by atoms with van der Waals surface area (Å²) in [6, 6.07) is 6.70. The third kappa shape index (κ3) is 5.24. The fraction of sp³-hybridized carbons (Fsp3) is 0.250. The number of hydrazone groups is 1. The molecule has 0 aliphatic rings. The SMILES string of the molecule is COc1ccc(/C=N/NC(=O)CSc2nc(C)cc(C)n2)cc1O. The first-order chi connectivity index (χ1) is 11.5. The number of phenols is 1. The van der Waals surface area contributed by atoms with Crippen molar-refractivity contribution in [3.8, 4) is 11.5 Å². The number of nitrogens with one attached hydrogen (secondary N) is 1. The van der Waals surface area contributed by atoms with Crippen molar-refractivity contribution in [2.45, 2.75) is 19.0 Å². The number of hydrogen-bond acceptors (Lipinski definition) is 7. The van der Waals surface area contributed by atoms with E-state index in [2.05, 4.69) is 20.5 Å². The Hall–Kier alpha value is -2.61. The number of rotatable bonds is 6. The molecule has 0 fully saturated rings. The molecule has 0 spiro atoms. The number of aryl methyl sites for hydroxylation is 2. The third-order valence-electron chi connectivity index (χ3n) is 2.90. The van der Waals surface area contributed by atoms with Gasteiger partial charge in [-0.15, -0.1) is 0 Å². The molecule has 0 bridgehead atoms. The number of aromatic hydroxyl groups is 1. The molecule has 24 heavy (non-hydrogen) atoms. The Kier molecular flexibility index (Phi) is 6.14. The molecule has 8 heteroatoms. The van der Waals surface area contributed by atoms with E-state index in [1.165, 1.54) is 31.2 Å². The molecule has 7 nitrogen and oxygen atoms in total. The average Bonchev–Trinajstić information content (AvgIpc) is 2.52. The average molecular weight is 346 g/mol. The molecule has 2 aromatic rings. The molecule has 0 aliphatic carbocycles. The fourth-order valence-electron chi connectivity index (χ4n) is 1.89. The molecular formula is C16H18N4O3S. The second kappa shape index (κ2) is 8.30. The number of thioether (sulfide) groups is 1. The molecule has 0 saturated heterocycles. The van der Waals surface area contributed by atoms with Gasteiger partial charge in [-0.2, -0.15) is 5.10 Å². The van der Waals surface area contributed by atoms with Gasteiger partial charge < -0.3 is 9.84 Å². The number of carbonyl (C=O) groups is 1. The normalized spacial score (nSPS) is 10.8. The van der Waals surface area contributed by atoms with Crippen LogP contribution in [0, 0.1) is 13.8 Å². The van der Waals surface area contributed by atoms with Crippen LogP contribution in [0.2, 0.25) is 0 Å². The van der Waals surface area contributed by atoms with Gasteiger partial charge in [0.25, 0.3) is 5.91 Å². The Morgan fingerprint density at radius 2 is 2.04 bits per heavy atom. The van der Waals surface area contributed by atoms with Crippen LogP contribution in [0.1, 0.15) is 17.0 Å². The lowest BCUT2D eigenvalue weighted by molar-refractivity contribution is -0.118. The Labute approximate surface area is 144 Å². The van der Waals surface area contributed by atoms with Gasteiger partial charge in [0.15, 0.2) is 16.7 Å². The first kappa shape index (κ1) is 17.7. The minimum absolute atomic E-state index is 0.00954. The number of amides is 1. The highest BCUT2D eigenvalue weighted by atomic mass is 32.2. The Morgan fingerprint density at radius 3 is 2.67 bits per heavy atom. The first-order valence-electron chi connectivity index (χ1n) is 7.12. The maximum Gasteiger partial charge on any atom is 0.250 e. The van der Waals surface area contributed by atoms with E-state index in [4.69, 9.17) is 4.74 Å². The summed E-state index contributed by atoms with van der Waals surface area (Å²) in [5.41, 5.74) is 4.79. The van der Waals surface area contributed by atoms with Crippen LogP contribution in [-0.2, 0) is 4.79 Å². The van der Waals surface area contributed by atoms with E-state index in [-0.39, 0.29) is 17.4 Å². The summed E-state index contributed by atoms with van der Waals surface area (Å²) >= 11 is 1.25. The number of hydrogen-bond donors (Lipinski definition) is 2. The second-order valence-corrected chi connectivity index (χ2v) is 5.89. The summed E-state index contributed by atoms with van der Waals surface area (Å²) in [7, 11) is 1.47. The van der Waals surface area contributed by atoms with E-state index in [1.54, 1.807) is 12.1 Å². The molecule has 0 radical (unpaired) electrons. The molecule has 1 heterocycles. The number of nitrogens with zero attached hydrogens (tertiary/aromatic N) is 3. The smallest absolute Gasteiger partial charge is 0.250 e. The Balaban J connectivity index is 1.85. The monoisotopic (exact) mass is 346 g/mol. The van der Waals surface area contributed by atoms with Crippen molar-refractivity contribution in [3.05, 3.63) is 41.2 Å². The molecule has 0 saturated carbocycles. The summed E-state index contributed by atoms with van der Waals surface area (Å²) in [4.78, 5) is 20.3. The zero-order valence-corrected chi connectivity index (χ0v) is 14.4. The first-order valence-corrected chi connectivity index (χ1v) is 8.10. The van der Waals surface area contributed by atoms with Gasteiger partial charge in [-0.05, 0) is 43.7 Å². The molecule has 1 aromatic carbocycles. The molecule has 1 amide bonds. The molecule has 126 valence electrons. The van der Waals surface area contributed by atoms with E-state index >= 15 is 0 Å². The zero-order chi connectivity index (χ0) is 17.5. The lowest BCUT2D eigenvalue weighted by Crippen LogP contribution is -2.19. The van der Waals surface area contributed by atoms with Gasteiger partial charge >= 0.3 is 0 Å². The number of methoxy groups -OCH3 is 1. The lowest BCUT2D eigenvalue weighted by Gasteiger charge is -2.03. The maximum absolute atomic E-state index is 11.8. The predicted molar refractivity (Wildman–Crippen MR) is 92.6 cm³/mol. The zero-order valence-electron chi connectivity index (χ0n) is 13.6. The van der Waals surface area contributed by atoms with Crippen LogP contribution >= 0.6 is 11.8 Å². The largest absolute Gasteiger partial charge is 0.504 e. The molecule has 0 atom stereocenters. The van der Waals surface area contributed by atoms with Gasteiger partial charge in [-0.25, -0.2) is 15.4 Å². The second-order valence-electron chi connectivity index (χ2n) is 4.95. The van der Waals surface area contributed by atoms with Crippen molar-refractivity contribution in [1.29, 1.82) is 0 Å². The van der Waals surface area contributed by atoms with Crippen molar-refractivity contribution in [2.75, 3.05) is 12.9 Å². The standard InChI is InChI=1S/C16H18N4O3S/c1-10-6-11(2)19-16(18-10)24-9-15(22)20-17-8-12-4-5-14(23-3)13(21)7-12/h4-8,21H,9H2,1-3H3,(H,20,22)/b17-8+. The van der Waals surface area contributed by atoms with Gasteiger partial charge in [0.2, 0.25) is 0 Å². The number of carbonyl (C=O) groups excluding carboxylic acids is 1. The van der Waals surface area contributed by atoms with Crippen LogP contribution in [0.5, 0.6) is 11.5 Å². The maximum atomic E-state index is 11.8. The fourth-order valence-corrected chi connectivity index (χ4v) is 2.63. The van der Waals surface area contributed by atoms with E-state index in [0.717, 1.165) is 11.4 Å². The van der Waals surface area contributed by atoms with Crippen molar-refractivity contribution in [2.24, 2.45) is 5.10 Å². The summed E-state index contributed by atoms with van der Waals surface area (Å²) in [6.45, 7) is 3.76. The van der Waals surface area contributed by atoms with Crippen LogP contribution in [0.4, 0.5) is 0 Å². The van der Waals surface area contributed by atoms with Gasteiger partial charge in [-0.1, -0.05) is 11.8 Å². The predicted octanol–water partition coefficient (Wildman–Crippen LogP) is 2.05. The van der Waals surface area contributed by atoms with Crippen molar-refractivity contribution in [1.82, 2.24) is 15.4 Å². The topological polar surface area (TPSA) is 96.7 Å². The molecule has 0 unspecified atom stereocenters. The van der Waals surface area contributed by atoms with Gasteiger partial charge in [-0.3, -0.25) is 4.79 Å². The van der Waals surface area contributed by atoms with Crippen LogP contribution in [0.25, 0.3) is 0 Å². The number of aromatic nitrogens is 2. The van der Waals surface area contributed by atoms with Crippen LogP contribution in [0.3, 0.4) is 0 Å². The Bertz CT molecular complexity index is 745. The van der Waals surface area contributed by atoms with Crippen molar-refractivity contribution >= 4 is 23.9 Å². The van der Waals surface area contributed by atoms with Gasteiger partial charge in [0.1, 0.15) is 0 Å². The highest BCUT2D eigenvalue weighted by Gasteiger charge is 2.05. The van der Waals surface area contributed by atoms with Crippen molar-refractivity contribution < 1.29 is 14.6 Å². The minimum Gasteiger partial charge on any atom is -0.504 e. The number of phenolic OH excluding ortho intramolecular Hbond substituents is 1.